The van der Waals surface area contributed by atoms with Crippen molar-refractivity contribution in [1.29, 1.82) is 0 Å². The molecule has 1 amide bonds. The zero-order valence-electron chi connectivity index (χ0n) is 12.7. The molecule has 0 aromatic heterocycles. The van der Waals surface area contributed by atoms with Crippen molar-refractivity contribution >= 4 is 18.0 Å². The van der Waals surface area contributed by atoms with Gasteiger partial charge < -0.3 is 16.2 Å². The first-order valence-corrected chi connectivity index (χ1v) is 7.97. The van der Waals surface area contributed by atoms with Crippen molar-refractivity contribution in [2.45, 2.75) is 31.7 Å². The Morgan fingerprint density at radius 1 is 1.38 bits per heavy atom. The van der Waals surface area contributed by atoms with Crippen LogP contribution in [0, 0.1) is 5.92 Å². The van der Waals surface area contributed by atoms with Crippen LogP contribution < -0.4 is 11.1 Å². The Hall–Kier alpha value is -1.24. The van der Waals surface area contributed by atoms with Gasteiger partial charge in [0, 0.05) is 31.1 Å². The number of hydrogen-bond acceptors (Lipinski definition) is 4. The van der Waals surface area contributed by atoms with E-state index in [-0.39, 0.29) is 0 Å². The fourth-order valence-electron chi connectivity index (χ4n) is 1.87. The van der Waals surface area contributed by atoms with Crippen LogP contribution in [0.3, 0.4) is 0 Å². The molecule has 0 radical (unpaired) electrons. The molecule has 0 spiro atoms. The molecule has 1 rings (SSSR count). The largest absolute Gasteiger partial charge is 0.465 e. The number of nitrogens with one attached hydrogen (secondary N) is 1. The van der Waals surface area contributed by atoms with Crippen molar-refractivity contribution in [1.82, 2.24) is 9.62 Å². The monoisotopic (exact) mass is 311 g/mol. The third-order valence-electron chi connectivity index (χ3n) is 2.82. The van der Waals surface area contributed by atoms with Gasteiger partial charge in [-0.2, -0.15) is 0 Å². The molecule has 118 valence electrons. The number of benzene rings is 1. The Morgan fingerprint density at radius 3 is 2.57 bits per heavy atom. The summed E-state index contributed by atoms with van der Waals surface area (Å²) in [4.78, 5) is 11.6. The average Bonchev–Trinajstić information content (AvgIpc) is 2.43. The van der Waals surface area contributed by atoms with E-state index >= 15 is 0 Å². The summed E-state index contributed by atoms with van der Waals surface area (Å²) in [5.74, 6) is 0.563. The molecule has 0 atom stereocenters. The Labute approximate surface area is 131 Å². The van der Waals surface area contributed by atoms with Gasteiger partial charge in [0.1, 0.15) is 0 Å². The van der Waals surface area contributed by atoms with Crippen LogP contribution >= 0.6 is 11.9 Å². The SMILES string of the molecule is CC(C)CN(CCCNC(=O)O)Sc1ccc(CN)cc1. The van der Waals surface area contributed by atoms with Gasteiger partial charge in [-0.3, -0.25) is 0 Å². The van der Waals surface area contributed by atoms with Crippen molar-refractivity contribution in [2.75, 3.05) is 19.6 Å². The predicted octanol–water partition coefficient (Wildman–Crippen LogP) is 2.77. The van der Waals surface area contributed by atoms with Crippen molar-refractivity contribution in [3.8, 4) is 0 Å². The van der Waals surface area contributed by atoms with Crippen molar-refractivity contribution in [2.24, 2.45) is 11.7 Å². The summed E-state index contributed by atoms with van der Waals surface area (Å²) in [6, 6.07) is 8.25. The maximum atomic E-state index is 10.4. The van der Waals surface area contributed by atoms with E-state index in [1.165, 1.54) is 4.90 Å². The summed E-state index contributed by atoms with van der Waals surface area (Å²) in [7, 11) is 0. The predicted molar refractivity (Wildman–Crippen MR) is 87.2 cm³/mol. The average molecular weight is 311 g/mol. The minimum absolute atomic E-state index is 0.483. The molecule has 0 saturated carbocycles. The summed E-state index contributed by atoms with van der Waals surface area (Å²) in [5.41, 5.74) is 6.73. The number of carboxylic acid groups (broad SMARTS) is 1. The molecule has 0 saturated heterocycles. The number of amides is 1. The molecular weight excluding hydrogens is 286 g/mol. The van der Waals surface area contributed by atoms with Crippen LogP contribution in [-0.2, 0) is 6.54 Å². The topological polar surface area (TPSA) is 78.6 Å². The van der Waals surface area contributed by atoms with Gasteiger partial charge >= 0.3 is 6.09 Å². The van der Waals surface area contributed by atoms with E-state index in [4.69, 9.17) is 10.8 Å². The molecule has 0 aliphatic carbocycles. The highest BCUT2D eigenvalue weighted by atomic mass is 32.2. The van der Waals surface area contributed by atoms with E-state index in [0.717, 1.165) is 25.1 Å². The highest BCUT2D eigenvalue weighted by molar-refractivity contribution is 7.97. The summed E-state index contributed by atoms with van der Waals surface area (Å²) in [6.45, 7) is 7.22. The highest BCUT2D eigenvalue weighted by Crippen LogP contribution is 2.24. The van der Waals surface area contributed by atoms with Gasteiger partial charge in [-0.25, -0.2) is 9.10 Å². The van der Waals surface area contributed by atoms with E-state index in [1.54, 1.807) is 11.9 Å². The molecule has 0 heterocycles. The van der Waals surface area contributed by atoms with Gasteiger partial charge in [0.2, 0.25) is 0 Å². The van der Waals surface area contributed by atoms with E-state index in [1.807, 2.05) is 12.1 Å². The van der Waals surface area contributed by atoms with Crippen LogP contribution in [0.4, 0.5) is 4.79 Å². The quantitative estimate of drug-likeness (QED) is 0.483. The fraction of sp³-hybridized carbons (Fsp3) is 0.533. The standard InChI is InChI=1S/C15H25N3O2S/c1-12(2)11-18(9-3-8-17-15(19)20)21-14-6-4-13(10-16)5-7-14/h4-7,12,17H,3,8-11,16H2,1-2H3,(H,19,20). The van der Waals surface area contributed by atoms with Gasteiger partial charge in [0.25, 0.3) is 0 Å². The van der Waals surface area contributed by atoms with Crippen LogP contribution in [-0.4, -0.2) is 35.1 Å². The molecule has 0 aliphatic heterocycles. The summed E-state index contributed by atoms with van der Waals surface area (Å²) >= 11 is 1.71. The fourth-order valence-corrected chi connectivity index (χ4v) is 3.02. The minimum atomic E-state index is -0.963. The first-order chi connectivity index (χ1) is 10.0. The van der Waals surface area contributed by atoms with Crippen LogP contribution in [0.5, 0.6) is 0 Å². The van der Waals surface area contributed by atoms with Crippen molar-refractivity contribution in [3.05, 3.63) is 29.8 Å². The van der Waals surface area contributed by atoms with Crippen LogP contribution in [0.15, 0.2) is 29.2 Å². The second kappa shape index (κ2) is 9.65. The molecule has 1 aromatic rings. The number of rotatable bonds is 9. The first kappa shape index (κ1) is 17.8. The zero-order valence-corrected chi connectivity index (χ0v) is 13.5. The Kier molecular flexibility index (Phi) is 8.19. The molecule has 0 unspecified atom stereocenters. The molecule has 5 nitrogen and oxygen atoms in total. The Morgan fingerprint density at radius 2 is 2.05 bits per heavy atom. The molecule has 1 aromatic carbocycles. The van der Waals surface area contributed by atoms with Gasteiger partial charge in [0.15, 0.2) is 0 Å². The zero-order chi connectivity index (χ0) is 15.7. The van der Waals surface area contributed by atoms with Gasteiger partial charge in [0.05, 0.1) is 0 Å². The number of nitrogens with two attached hydrogens (primary N) is 1. The second-order valence-electron chi connectivity index (χ2n) is 5.31. The molecule has 0 bridgehead atoms. The maximum absolute atomic E-state index is 10.4. The smallest absolute Gasteiger partial charge is 0.404 e. The normalized spacial score (nSPS) is 11.1. The summed E-state index contributed by atoms with van der Waals surface area (Å²) in [5, 5.41) is 11.0. The molecule has 21 heavy (non-hydrogen) atoms. The molecule has 6 heteroatoms. The molecule has 0 fully saturated rings. The number of carbonyl (C=O) groups is 1. The van der Waals surface area contributed by atoms with Gasteiger partial charge in [-0.05, 0) is 42.0 Å². The highest BCUT2D eigenvalue weighted by Gasteiger charge is 2.09. The van der Waals surface area contributed by atoms with Crippen LogP contribution in [0.1, 0.15) is 25.8 Å². The van der Waals surface area contributed by atoms with Crippen molar-refractivity contribution in [3.63, 3.8) is 0 Å². The van der Waals surface area contributed by atoms with E-state index in [9.17, 15) is 4.79 Å². The lowest BCUT2D eigenvalue weighted by Gasteiger charge is -2.23. The van der Waals surface area contributed by atoms with Crippen molar-refractivity contribution < 1.29 is 9.90 Å². The van der Waals surface area contributed by atoms with Crippen LogP contribution in [0.25, 0.3) is 0 Å². The Bertz CT molecular complexity index is 423. The number of nitrogens with zero attached hydrogens (tertiary/aromatic N) is 1. The third kappa shape index (κ3) is 7.94. The molecule has 0 aliphatic rings. The van der Waals surface area contributed by atoms with Gasteiger partial charge in [-0.1, -0.05) is 26.0 Å². The molecular formula is C15H25N3O2S. The lowest BCUT2D eigenvalue weighted by atomic mass is 10.2. The van der Waals surface area contributed by atoms with Gasteiger partial charge in [-0.15, -0.1) is 0 Å². The summed E-state index contributed by atoms with van der Waals surface area (Å²) in [6.07, 6.45) is -0.164. The second-order valence-corrected chi connectivity index (χ2v) is 6.48. The minimum Gasteiger partial charge on any atom is -0.465 e. The summed E-state index contributed by atoms with van der Waals surface area (Å²) < 4.78 is 2.28. The first-order valence-electron chi connectivity index (χ1n) is 7.20. The lowest BCUT2D eigenvalue weighted by molar-refractivity contribution is 0.194. The van der Waals surface area contributed by atoms with E-state index in [2.05, 4.69) is 35.6 Å². The molecule has 4 N–H and O–H groups in total. The van der Waals surface area contributed by atoms with E-state index in [0.29, 0.717) is 19.0 Å². The maximum Gasteiger partial charge on any atom is 0.404 e. The van der Waals surface area contributed by atoms with Crippen LogP contribution in [0.2, 0.25) is 0 Å². The Balaban J connectivity index is 2.49. The lowest BCUT2D eigenvalue weighted by Crippen LogP contribution is -2.27. The van der Waals surface area contributed by atoms with E-state index < -0.39 is 6.09 Å². The third-order valence-corrected chi connectivity index (χ3v) is 3.90. The number of hydrogen-bond donors (Lipinski definition) is 3.